The number of methoxy groups -OCH3 is 1. The van der Waals surface area contributed by atoms with Gasteiger partial charge >= 0.3 is 5.97 Å². The third-order valence-corrected chi connectivity index (χ3v) is 5.63. The van der Waals surface area contributed by atoms with Crippen molar-refractivity contribution >= 4 is 17.0 Å². The predicted molar refractivity (Wildman–Crippen MR) is 106 cm³/mol. The average molecular weight is 398 g/mol. The predicted octanol–water partition coefficient (Wildman–Crippen LogP) is 3.34. The molecule has 0 aliphatic heterocycles. The van der Waals surface area contributed by atoms with Crippen LogP contribution in [0, 0.1) is 5.92 Å². The van der Waals surface area contributed by atoms with E-state index in [2.05, 4.69) is 27.1 Å². The first kappa shape index (κ1) is 19.4. The quantitative estimate of drug-likeness (QED) is 0.587. The standard InChI is InChI=1S/C20H26N6O3/c1-4-13-6-8-15(9-7-13)26-17-16(11-22-26)23-20(24-18(17)28-3)25-12-14(10-21-25)19(27)29-5-2/h10-13,15H,4-9H2,1-3H3. The number of carbonyl (C=O) groups is 1. The molecule has 3 aromatic rings. The van der Waals surface area contributed by atoms with Gasteiger partial charge in [0, 0.05) is 6.20 Å². The summed E-state index contributed by atoms with van der Waals surface area (Å²) in [6, 6.07) is 0.332. The van der Waals surface area contributed by atoms with Gasteiger partial charge in [-0.1, -0.05) is 13.3 Å². The number of ether oxygens (including phenoxy) is 2. The highest BCUT2D eigenvalue weighted by Gasteiger charge is 2.25. The summed E-state index contributed by atoms with van der Waals surface area (Å²) in [5.41, 5.74) is 1.84. The molecule has 0 bridgehead atoms. The van der Waals surface area contributed by atoms with Crippen LogP contribution in [0.1, 0.15) is 62.4 Å². The first-order valence-electron chi connectivity index (χ1n) is 10.2. The smallest absolute Gasteiger partial charge is 0.341 e. The molecule has 0 spiro atoms. The second-order valence-electron chi connectivity index (χ2n) is 7.33. The SMILES string of the molecule is CCOC(=O)c1cnn(-c2nc(OC)c3c(cnn3C3CCC(CC)CC3)n2)c1. The Bertz CT molecular complexity index is 1000. The summed E-state index contributed by atoms with van der Waals surface area (Å²) in [6.07, 6.45) is 10.6. The Morgan fingerprint density at radius 3 is 2.62 bits per heavy atom. The lowest BCUT2D eigenvalue weighted by Gasteiger charge is -2.28. The van der Waals surface area contributed by atoms with E-state index < -0.39 is 5.97 Å². The van der Waals surface area contributed by atoms with Gasteiger partial charge in [-0.3, -0.25) is 4.68 Å². The van der Waals surface area contributed by atoms with E-state index in [9.17, 15) is 4.79 Å². The molecule has 1 aliphatic rings. The largest absolute Gasteiger partial charge is 0.479 e. The van der Waals surface area contributed by atoms with Crippen LogP contribution in [-0.2, 0) is 4.74 Å². The normalized spacial score (nSPS) is 19.4. The minimum atomic E-state index is -0.428. The molecule has 4 rings (SSSR count). The fraction of sp³-hybridized carbons (Fsp3) is 0.550. The number of hydrogen-bond acceptors (Lipinski definition) is 7. The minimum absolute atomic E-state index is 0.305. The third kappa shape index (κ3) is 3.68. The molecule has 29 heavy (non-hydrogen) atoms. The lowest BCUT2D eigenvalue weighted by molar-refractivity contribution is 0.0526. The minimum Gasteiger partial charge on any atom is -0.479 e. The van der Waals surface area contributed by atoms with Crippen LogP contribution in [0.2, 0.25) is 0 Å². The Hall–Kier alpha value is -2.97. The van der Waals surface area contributed by atoms with Gasteiger partial charge in [0.2, 0.25) is 5.88 Å². The zero-order valence-electron chi connectivity index (χ0n) is 17.0. The van der Waals surface area contributed by atoms with Crippen LogP contribution in [0.5, 0.6) is 5.88 Å². The Labute approximate surface area is 169 Å². The van der Waals surface area contributed by atoms with Crippen molar-refractivity contribution in [2.75, 3.05) is 13.7 Å². The van der Waals surface area contributed by atoms with E-state index >= 15 is 0 Å². The maximum atomic E-state index is 11.9. The van der Waals surface area contributed by atoms with Crippen molar-refractivity contribution < 1.29 is 14.3 Å². The molecule has 0 amide bonds. The van der Waals surface area contributed by atoms with Crippen LogP contribution in [0.4, 0.5) is 0 Å². The fourth-order valence-electron chi connectivity index (χ4n) is 3.99. The molecule has 154 valence electrons. The van der Waals surface area contributed by atoms with Crippen molar-refractivity contribution in [1.29, 1.82) is 0 Å². The van der Waals surface area contributed by atoms with E-state index in [1.165, 1.54) is 30.1 Å². The molecule has 1 saturated carbocycles. The summed E-state index contributed by atoms with van der Waals surface area (Å²) in [6.45, 7) is 4.32. The zero-order valence-corrected chi connectivity index (χ0v) is 17.0. The van der Waals surface area contributed by atoms with Crippen molar-refractivity contribution in [3.63, 3.8) is 0 Å². The summed E-state index contributed by atoms with van der Waals surface area (Å²) in [5, 5.41) is 8.80. The van der Waals surface area contributed by atoms with Gasteiger partial charge in [0.25, 0.3) is 5.95 Å². The summed E-state index contributed by atoms with van der Waals surface area (Å²) in [7, 11) is 1.59. The van der Waals surface area contributed by atoms with E-state index in [1.807, 2.05) is 4.68 Å². The molecule has 9 heteroatoms. The average Bonchev–Trinajstić information content (AvgIpc) is 3.41. The Balaban J connectivity index is 1.67. The molecule has 0 atom stereocenters. The Kier molecular flexibility index (Phi) is 5.46. The summed E-state index contributed by atoms with van der Waals surface area (Å²) in [5.74, 6) is 1.15. The molecule has 9 nitrogen and oxygen atoms in total. The first-order valence-corrected chi connectivity index (χ1v) is 10.2. The molecular formula is C20H26N6O3. The topological polar surface area (TPSA) is 97.0 Å². The maximum absolute atomic E-state index is 11.9. The number of fused-ring (bicyclic) bond motifs is 1. The van der Waals surface area contributed by atoms with Gasteiger partial charge in [-0.2, -0.15) is 15.2 Å². The van der Waals surface area contributed by atoms with E-state index in [-0.39, 0.29) is 0 Å². The monoisotopic (exact) mass is 398 g/mol. The van der Waals surface area contributed by atoms with E-state index in [1.54, 1.807) is 26.4 Å². The molecule has 3 aromatic heterocycles. The third-order valence-electron chi connectivity index (χ3n) is 5.63. The van der Waals surface area contributed by atoms with Crippen molar-refractivity contribution in [3.05, 3.63) is 24.2 Å². The van der Waals surface area contributed by atoms with Crippen LogP contribution in [0.3, 0.4) is 0 Å². The fourth-order valence-corrected chi connectivity index (χ4v) is 3.99. The number of carbonyl (C=O) groups excluding carboxylic acids is 1. The Morgan fingerprint density at radius 2 is 1.93 bits per heavy atom. The molecule has 0 saturated heterocycles. The highest BCUT2D eigenvalue weighted by atomic mass is 16.5. The van der Waals surface area contributed by atoms with Crippen molar-refractivity contribution in [2.45, 2.75) is 52.0 Å². The second kappa shape index (κ2) is 8.18. The highest BCUT2D eigenvalue weighted by Crippen LogP contribution is 2.36. The van der Waals surface area contributed by atoms with Crippen LogP contribution in [0.25, 0.3) is 17.0 Å². The first-order chi connectivity index (χ1) is 14.1. The Morgan fingerprint density at radius 1 is 1.14 bits per heavy atom. The molecule has 1 aliphatic carbocycles. The molecule has 0 unspecified atom stereocenters. The lowest BCUT2D eigenvalue weighted by Crippen LogP contribution is -2.19. The molecule has 3 heterocycles. The van der Waals surface area contributed by atoms with E-state index in [0.717, 1.165) is 24.3 Å². The number of esters is 1. The molecule has 0 radical (unpaired) electrons. The highest BCUT2D eigenvalue weighted by molar-refractivity contribution is 5.88. The zero-order chi connectivity index (χ0) is 20.4. The summed E-state index contributed by atoms with van der Waals surface area (Å²) < 4.78 is 14.0. The number of aromatic nitrogens is 6. The summed E-state index contributed by atoms with van der Waals surface area (Å²) >= 11 is 0. The van der Waals surface area contributed by atoms with Crippen molar-refractivity contribution in [2.24, 2.45) is 5.92 Å². The van der Waals surface area contributed by atoms with Gasteiger partial charge in [-0.15, -0.1) is 0 Å². The van der Waals surface area contributed by atoms with Gasteiger partial charge in [-0.05, 0) is 38.5 Å². The molecule has 1 fully saturated rings. The van der Waals surface area contributed by atoms with Crippen LogP contribution < -0.4 is 4.74 Å². The van der Waals surface area contributed by atoms with E-state index in [0.29, 0.717) is 35.6 Å². The summed E-state index contributed by atoms with van der Waals surface area (Å²) in [4.78, 5) is 21.0. The molecule has 0 aromatic carbocycles. The van der Waals surface area contributed by atoms with Gasteiger partial charge in [0.15, 0.2) is 0 Å². The van der Waals surface area contributed by atoms with Crippen molar-refractivity contribution in [3.8, 4) is 11.8 Å². The van der Waals surface area contributed by atoms with Crippen LogP contribution in [0.15, 0.2) is 18.6 Å². The maximum Gasteiger partial charge on any atom is 0.341 e. The van der Waals surface area contributed by atoms with Gasteiger partial charge in [0.1, 0.15) is 11.0 Å². The lowest BCUT2D eigenvalue weighted by atomic mass is 9.84. The van der Waals surface area contributed by atoms with Gasteiger partial charge in [-0.25, -0.2) is 14.5 Å². The number of nitrogens with zero attached hydrogens (tertiary/aromatic N) is 6. The molecular weight excluding hydrogens is 372 g/mol. The number of hydrogen-bond donors (Lipinski definition) is 0. The second-order valence-corrected chi connectivity index (χ2v) is 7.33. The van der Waals surface area contributed by atoms with Gasteiger partial charge < -0.3 is 9.47 Å². The van der Waals surface area contributed by atoms with E-state index in [4.69, 9.17) is 9.47 Å². The van der Waals surface area contributed by atoms with Crippen molar-refractivity contribution in [1.82, 2.24) is 29.5 Å². The molecule has 0 N–H and O–H groups in total. The van der Waals surface area contributed by atoms with Crippen LogP contribution >= 0.6 is 0 Å². The van der Waals surface area contributed by atoms with Crippen LogP contribution in [-0.4, -0.2) is 49.2 Å². The number of rotatable bonds is 6. The van der Waals surface area contributed by atoms with Gasteiger partial charge in [0.05, 0.1) is 37.7 Å².